The van der Waals surface area contributed by atoms with Crippen molar-refractivity contribution in [1.29, 1.82) is 0 Å². The molecule has 1 amide bonds. The van der Waals surface area contributed by atoms with E-state index in [1.165, 1.54) is 5.69 Å². The van der Waals surface area contributed by atoms with Crippen LogP contribution in [0.5, 0.6) is 5.75 Å². The molecule has 18 heavy (non-hydrogen) atoms. The van der Waals surface area contributed by atoms with Crippen molar-refractivity contribution in [2.45, 2.75) is 0 Å². The first-order valence-corrected chi connectivity index (χ1v) is 6.65. The average Bonchev–Trinajstić information content (AvgIpc) is 2.47. The molecule has 0 unspecified atom stereocenters. The van der Waals surface area contributed by atoms with Crippen LogP contribution in [-0.2, 0) is 4.79 Å². The second-order valence-electron chi connectivity index (χ2n) is 4.22. The number of piperazine rings is 1. The summed E-state index contributed by atoms with van der Waals surface area (Å²) in [6.07, 6.45) is 0. The van der Waals surface area contributed by atoms with Gasteiger partial charge < -0.3 is 14.5 Å². The largest absolute Gasteiger partial charge is 0.497 e. The highest BCUT2D eigenvalue weighted by Crippen LogP contribution is 2.20. The third kappa shape index (κ3) is 2.90. The molecular formula is C13H18N2O2S. The van der Waals surface area contributed by atoms with Gasteiger partial charge in [-0.15, -0.1) is 0 Å². The first kappa shape index (κ1) is 13.1. The minimum Gasteiger partial charge on any atom is -0.497 e. The van der Waals surface area contributed by atoms with Crippen LogP contribution in [0.25, 0.3) is 0 Å². The summed E-state index contributed by atoms with van der Waals surface area (Å²) in [4.78, 5) is 15.7. The van der Waals surface area contributed by atoms with E-state index in [0.717, 1.165) is 31.9 Å². The highest BCUT2D eigenvalue weighted by atomic mass is 32.1. The number of benzene rings is 1. The summed E-state index contributed by atoms with van der Waals surface area (Å²) >= 11 is 4.02. The molecule has 1 aliphatic rings. The van der Waals surface area contributed by atoms with Crippen molar-refractivity contribution < 1.29 is 9.53 Å². The fourth-order valence-corrected chi connectivity index (χ4v) is 2.31. The van der Waals surface area contributed by atoms with Crippen LogP contribution in [0.4, 0.5) is 5.69 Å². The first-order valence-electron chi connectivity index (χ1n) is 6.02. The van der Waals surface area contributed by atoms with Gasteiger partial charge in [0.2, 0.25) is 5.91 Å². The molecule has 1 saturated heterocycles. The molecule has 0 atom stereocenters. The Hall–Kier alpha value is -1.36. The van der Waals surface area contributed by atoms with E-state index in [2.05, 4.69) is 29.7 Å². The molecule has 0 N–H and O–H groups in total. The molecule has 1 aliphatic heterocycles. The minimum atomic E-state index is 0.118. The topological polar surface area (TPSA) is 32.8 Å². The van der Waals surface area contributed by atoms with Gasteiger partial charge in [-0.05, 0) is 24.3 Å². The smallest absolute Gasteiger partial charge is 0.232 e. The number of carbonyl (C=O) groups excluding carboxylic acids is 1. The molecule has 2 rings (SSSR count). The third-order valence-corrected chi connectivity index (χ3v) is 3.48. The summed E-state index contributed by atoms with van der Waals surface area (Å²) in [5, 5.41) is 0. The van der Waals surface area contributed by atoms with E-state index in [1.54, 1.807) is 7.11 Å². The molecule has 1 fully saturated rings. The zero-order chi connectivity index (χ0) is 13.0. The van der Waals surface area contributed by atoms with Crippen molar-refractivity contribution in [3.8, 4) is 5.75 Å². The summed E-state index contributed by atoms with van der Waals surface area (Å²) in [6.45, 7) is 3.27. The van der Waals surface area contributed by atoms with Crippen LogP contribution in [0.15, 0.2) is 24.3 Å². The van der Waals surface area contributed by atoms with Gasteiger partial charge in [0.25, 0.3) is 0 Å². The Labute approximate surface area is 113 Å². The van der Waals surface area contributed by atoms with Crippen molar-refractivity contribution in [3.05, 3.63) is 24.3 Å². The number of hydrogen-bond acceptors (Lipinski definition) is 4. The van der Waals surface area contributed by atoms with E-state index < -0.39 is 0 Å². The molecule has 0 aromatic heterocycles. The highest BCUT2D eigenvalue weighted by molar-refractivity contribution is 7.81. The molecule has 1 aromatic carbocycles. The Kier molecular flexibility index (Phi) is 4.36. The van der Waals surface area contributed by atoms with Gasteiger partial charge in [-0.3, -0.25) is 4.79 Å². The van der Waals surface area contributed by atoms with Crippen molar-refractivity contribution in [2.24, 2.45) is 0 Å². The number of carbonyl (C=O) groups is 1. The SMILES string of the molecule is COc1ccc(N2CCN(C(=O)CS)CC2)cc1. The fourth-order valence-electron chi connectivity index (χ4n) is 2.11. The lowest BCUT2D eigenvalue weighted by molar-refractivity contribution is -0.128. The number of hydrogen-bond donors (Lipinski definition) is 1. The minimum absolute atomic E-state index is 0.118. The quantitative estimate of drug-likeness (QED) is 0.837. The fraction of sp³-hybridized carbons (Fsp3) is 0.462. The summed E-state index contributed by atoms with van der Waals surface area (Å²) in [5.74, 6) is 1.28. The Morgan fingerprint density at radius 2 is 1.83 bits per heavy atom. The average molecular weight is 266 g/mol. The normalized spacial score (nSPS) is 15.7. The van der Waals surface area contributed by atoms with E-state index in [4.69, 9.17) is 4.74 Å². The van der Waals surface area contributed by atoms with E-state index in [9.17, 15) is 4.79 Å². The van der Waals surface area contributed by atoms with Gasteiger partial charge in [-0.2, -0.15) is 12.6 Å². The molecule has 0 radical (unpaired) electrons. The van der Waals surface area contributed by atoms with Gasteiger partial charge in [0.05, 0.1) is 12.9 Å². The summed E-state index contributed by atoms with van der Waals surface area (Å²) in [5.41, 5.74) is 1.17. The maximum Gasteiger partial charge on any atom is 0.232 e. The number of methoxy groups -OCH3 is 1. The monoisotopic (exact) mass is 266 g/mol. The van der Waals surface area contributed by atoms with Gasteiger partial charge in [0.15, 0.2) is 0 Å². The lowest BCUT2D eigenvalue weighted by atomic mass is 10.2. The summed E-state index contributed by atoms with van der Waals surface area (Å²) < 4.78 is 5.14. The van der Waals surface area contributed by atoms with Crippen LogP contribution in [0, 0.1) is 0 Å². The molecule has 4 nitrogen and oxygen atoms in total. The lowest BCUT2D eigenvalue weighted by Gasteiger charge is -2.36. The Morgan fingerprint density at radius 1 is 1.22 bits per heavy atom. The standard InChI is InChI=1S/C13H18N2O2S/c1-17-12-4-2-11(3-5-12)14-6-8-15(9-7-14)13(16)10-18/h2-5,18H,6-10H2,1H3. The third-order valence-electron chi connectivity index (χ3n) is 3.21. The number of nitrogens with zero attached hydrogens (tertiary/aromatic N) is 2. The van der Waals surface area contributed by atoms with Gasteiger partial charge in [0.1, 0.15) is 5.75 Å². The molecule has 98 valence electrons. The molecule has 1 aromatic rings. The molecule has 0 bridgehead atoms. The number of amides is 1. The Morgan fingerprint density at radius 3 is 2.33 bits per heavy atom. The first-order chi connectivity index (χ1) is 8.74. The molecule has 0 saturated carbocycles. The van der Waals surface area contributed by atoms with E-state index >= 15 is 0 Å². The lowest BCUT2D eigenvalue weighted by Crippen LogP contribution is -2.49. The summed E-state index contributed by atoms with van der Waals surface area (Å²) in [6, 6.07) is 8.02. The molecule has 5 heteroatoms. The number of ether oxygens (including phenoxy) is 1. The molecule has 0 spiro atoms. The van der Waals surface area contributed by atoms with Crippen molar-refractivity contribution in [1.82, 2.24) is 4.90 Å². The van der Waals surface area contributed by atoms with Crippen molar-refractivity contribution >= 4 is 24.2 Å². The molecule has 1 heterocycles. The predicted octanol–water partition coefficient (Wildman–Crippen LogP) is 1.27. The van der Waals surface area contributed by atoms with Gasteiger partial charge in [-0.1, -0.05) is 0 Å². The second-order valence-corrected chi connectivity index (χ2v) is 4.54. The second kappa shape index (κ2) is 6.00. The molecule has 0 aliphatic carbocycles. The van der Waals surface area contributed by atoms with Gasteiger partial charge in [-0.25, -0.2) is 0 Å². The van der Waals surface area contributed by atoms with Gasteiger partial charge >= 0.3 is 0 Å². The summed E-state index contributed by atoms with van der Waals surface area (Å²) in [7, 11) is 1.66. The Balaban J connectivity index is 1.94. The molecular weight excluding hydrogens is 248 g/mol. The number of rotatable bonds is 3. The Bertz CT molecular complexity index is 400. The van der Waals surface area contributed by atoms with Crippen molar-refractivity contribution in [2.75, 3.05) is 43.9 Å². The van der Waals surface area contributed by atoms with Crippen LogP contribution in [-0.4, -0.2) is 49.8 Å². The van der Waals surface area contributed by atoms with E-state index in [1.807, 2.05) is 17.0 Å². The van der Waals surface area contributed by atoms with Crippen LogP contribution in [0.1, 0.15) is 0 Å². The maximum absolute atomic E-state index is 11.5. The van der Waals surface area contributed by atoms with E-state index in [-0.39, 0.29) is 5.91 Å². The van der Waals surface area contributed by atoms with E-state index in [0.29, 0.717) is 5.75 Å². The number of thiol groups is 1. The van der Waals surface area contributed by atoms with Crippen LogP contribution in [0.3, 0.4) is 0 Å². The van der Waals surface area contributed by atoms with Crippen molar-refractivity contribution in [3.63, 3.8) is 0 Å². The predicted molar refractivity (Wildman–Crippen MR) is 75.6 cm³/mol. The number of anilines is 1. The zero-order valence-corrected chi connectivity index (χ0v) is 11.4. The zero-order valence-electron chi connectivity index (χ0n) is 10.5. The highest BCUT2D eigenvalue weighted by Gasteiger charge is 2.20. The maximum atomic E-state index is 11.5. The van der Waals surface area contributed by atoms with Crippen LogP contribution in [0.2, 0.25) is 0 Å². The van der Waals surface area contributed by atoms with Gasteiger partial charge in [0, 0.05) is 31.9 Å². The van der Waals surface area contributed by atoms with Crippen LogP contribution < -0.4 is 9.64 Å². The van der Waals surface area contributed by atoms with Crippen LogP contribution >= 0.6 is 12.6 Å².